The molecule has 0 bridgehead atoms. The van der Waals surface area contributed by atoms with Gasteiger partial charge in [-0.2, -0.15) is 0 Å². The fourth-order valence-corrected chi connectivity index (χ4v) is 3.13. The van der Waals surface area contributed by atoms with Crippen LogP contribution in [-0.4, -0.2) is 12.1 Å². The Balaban J connectivity index is 1.99. The van der Waals surface area contributed by atoms with E-state index >= 15 is 0 Å². The molecule has 1 aromatic carbocycles. The van der Waals surface area contributed by atoms with Gasteiger partial charge in [0.05, 0.1) is 0 Å². The lowest BCUT2D eigenvalue weighted by Gasteiger charge is -2.42. The summed E-state index contributed by atoms with van der Waals surface area (Å²) >= 11 is 5.93. The van der Waals surface area contributed by atoms with E-state index in [9.17, 15) is 0 Å². The molecule has 0 spiro atoms. The normalized spacial score (nSPS) is 24.4. The second-order valence-electron chi connectivity index (χ2n) is 5.82. The fourth-order valence-electron chi connectivity index (χ4n) is 3.00. The Hall–Kier alpha value is -0.530. The summed E-state index contributed by atoms with van der Waals surface area (Å²) in [7, 11) is 0. The Morgan fingerprint density at radius 3 is 2.50 bits per heavy atom. The maximum Gasteiger partial charge on any atom is 0.0406 e. The van der Waals surface area contributed by atoms with E-state index in [-0.39, 0.29) is 0 Å². The molecule has 1 aliphatic heterocycles. The number of nitrogens with one attached hydrogen (secondary N) is 1. The van der Waals surface area contributed by atoms with Crippen molar-refractivity contribution in [1.29, 1.82) is 0 Å². The third-order valence-corrected chi connectivity index (χ3v) is 4.66. The van der Waals surface area contributed by atoms with E-state index in [1.807, 2.05) is 12.1 Å². The van der Waals surface area contributed by atoms with Gasteiger partial charge in [0.2, 0.25) is 0 Å². The maximum absolute atomic E-state index is 5.93. The van der Waals surface area contributed by atoms with Crippen molar-refractivity contribution in [3.05, 3.63) is 34.9 Å². The van der Waals surface area contributed by atoms with E-state index in [1.165, 1.54) is 37.8 Å². The number of hydrogen-bond donors (Lipinski definition) is 1. The van der Waals surface area contributed by atoms with Gasteiger partial charge < -0.3 is 5.32 Å². The van der Waals surface area contributed by atoms with Gasteiger partial charge in [-0.3, -0.25) is 0 Å². The molecule has 0 saturated carbocycles. The Bertz CT molecular complexity index is 363. The molecule has 1 fully saturated rings. The third kappa shape index (κ3) is 3.27. The number of benzene rings is 1. The number of halogens is 1. The topological polar surface area (TPSA) is 12.0 Å². The highest BCUT2D eigenvalue weighted by atomic mass is 35.5. The summed E-state index contributed by atoms with van der Waals surface area (Å²) in [6.45, 7) is 5.87. The van der Waals surface area contributed by atoms with Crippen LogP contribution < -0.4 is 5.32 Å². The van der Waals surface area contributed by atoms with Crippen molar-refractivity contribution in [1.82, 2.24) is 5.32 Å². The van der Waals surface area contributed by atoms with Crippen molar-refractivity contribution in [2.45, 2.75) is 51.5 Å². The van der Waals surface area contributed by atoms with Gasteiger partial charge in [-0.05, 0) is 55.8 Å². The monoisotopic (exact) mass is 265 g/mol. The predicted molar refractivity (Wildman–Crippen MR) is 79.2 cm³/mol. The van der Waals surface area contributed by atoms with E-state index < -0.39 is 0 Å². The predicted octanol–water partition coefficient (Wildman–Crippen LogP) is 4.44. The van der Waals surface area contributed by atoms with Crippen LogP contribution in [0, 0.1) is 5.92 Å². The zero-order valence-corrected chi connectivity index (χ0v) is 12.3. The molecule has 1 aliphatic rings. The van der Waals surface area contributed by atoms with Crippen molar-refractivity contribution in [3.63, 3.8) is 0 Å². The average Bonchev–Trinajstić information content (AvgIpc) is 2.39. The van der Waals surface area contributed by atoms with Crippen LogP contribution in [-0.2, 0) is 6.42 Å². The van der Waals surface area contributed by atoms with E-state index in [1.54, 1.807) is 0 Å². The van der Waals surface area contributed by atoms with Crippen LogP contribution in [0.5, 0.6) is 0 Å². The highest BCUT2D eigenvalue weighted by Gasteiger charge is 2.34. The molecule has 0 radical (unpaired) electrons. The zero-order valence-electron chi connectivity index (χ0n) is 11.5. The van der Waals surface area contributed by atoms with Crippen molar-refractivity contribution in [2.75, 3.05) is 6.54 Å². The quantitative estimate of drug-likeness (QED) is 0.849. The first-order chi connectivity index (χ1) is 8.62. The molecule has 1 N–H and O–H groups in total. The molecule has 0 amide bonds. The van der Waals surface area contributed by atoms with Crippen molar-refractivity contribution in [2.24, 2.45) is 5.92 Å². The molecular formula is C16H24ClN. The van der Waals surface area contributed by atoms with Gasteiger partial charge in [0.1, 0.15) is 0 Å². The highest BCUT2D eigenvalue weighted by Crippen LogP contribution is 2.31. The van der Waals surface area contributed by atoms with Gasteiger partial charge in [-0.25, -0.2) is 0 Å². The first-order valence-electron chi connectivity index (χ1n) is 7.12. The van der Waals surface area contributed by atoms with Crippen molar-refractivity contribution >= 4 is 11.6 Å². The minimum Gasteiger partial charge on any atom is -0.311 e. The Labute approximate surface area is 116 Å². The molecule has 1 atom stereocenters. The van der Waals surface area contributed by atoms with Gasteiger partial charge in [0.25, 0.3) is 0 Å². The van der Waals surface area contributed by atoms with Gasteiger partial charge in [-0.15, -0.1) is 0 Å². The fraction of sp³-hybridized carbons (Fsp3) is 0.625. The minimum absolute atomic E-state index is 0.345. The number of piperidine rings is 1. The van der Waals surface area contributed by atoms with E-state index in [0.29, 0.717) is 11.5 Å². The molecule has 18 heavy (non-hydrogen) atoms. The third-order valence-electron chi connectivity index (χ3n) is 4.40. The molecule has 0 aromatic heterocycles. The second kappa shape index (κ2) is 6.08. The molecular weight excluding hydrogens is 242 g/mol. The van der Waals surface area contributed by atoms with Crippen molar-refractivity contribution < 1.29 is 0 Å². The van der Waals surface area contributed by atoms with E-state index in [2.05, 4.69) is 31.3 Å². The SMILES string of the molecule is CC(C)C1(CCc2ccc(Cl)cc2)CCCCN1. The molecule has 0 aliphatic carbocycles. The summed E-state index contributed by atoms with van der Waals surface area (Å²) in [6.07, 6.45) is 6.38. The largest absolute Gasteiger partial charge is 0.311 e. The van der Waals surface area contributed by atoms with Gasteiger partial charge in [0, 0.05) is 10.6 Å². The molecule has 1 aromatic rings. The standard InChI is InChI=1S/C16H24ClN/c1-13(2)16(10-3-4-12-18-16)11-9-14-5-7-15(17)8-6-14/h5-8,13,18H,3-4,9-12H2,1-2H3. The summed E-state index contributed by atoms with van der Waals surface area (Å²) in [6, 6.07) is 8.29. The lowest BCUT2D eigenvalue weighted by atomic mass is 9.75. The highest BCUT2D eigenvalue weighted by molar-refractivity contribution is 6.30. The van der Waals surface area contributed by atoms with Crippen LogP contribution >= 0.6 is 11.6 Å². The van der Waals surface area contributed by atoms with Crippen LogP contribution in [0.4, 0.5) is 0 Å². The Kier molecular flexibility index (Phi) is 4.69. The minimum atomic E-state index is 0.345. The molecule has 1 unspecified atom stereocenters. The smallest absolute Gasteiger partial charge is 0.0406 e. The Morgan fingerprint density at radius 2 is 1.94 bits per heavy atom. The summed E-state index contributed by atoms with van der Waals surface area (Å²) in [5, 5.41) is 4.61. The lowest BCUT2D eigenvalue weighted by molar-refractivity contribution is 0.170. The molecule has 2 heteroatoms. The lowest BCUT2D eigenvalue weighted by Crippen LogP contribution is -2.52. The summed E-state index contributed by atoms with van der Waals surface area (Å²) in [5.41, 5.74) is 1.74. The van der Waals surface area contributed by atoms with Crippen molar-refractivity contribution in [3.8, 4) is 0 Å². The second-order valence-corrected chi connectivity index (χ2v) is 6.26. The van der Waals surface area contributed by atoms with E-state index in [4.69, 9.17) is 11.6 Å². The average molecular weight is 266 g/mol. The van der Waals surface area contributed by atoms with Gasteiger partial charge in [-0.1, -0.05) is 44.0 Å². The first kappa shape index (κ1) is 13.9. The van der Waals surface area contributed by atoms with Gasteiger partial charge >= 0.3 is 0 Å². The van der Waals surface area contributed by atoms with Crippen LogP contribution in [0.1, 0.15) is 45.1 Å². The zero-order chi connectivity index (χ0) is 13.0. The van der Waals surface area contributed by atoms with Crippen LogP contribution in [0.3, 0.4) is 0 Å². The molecule has 2 rings (SSSR count). The van der Waals surface area contributed by atoms with E-state index in [0.717, 1.165) is 11.4 Å². The summed E-state index contributed by atoms with van der Waals surface area (Å²) in [5.74, 6) is 0.699. The van der Waals surface area contributed by atoms with Crippen LogP contribution in [0.15, 0.2) is 24.3 Å². The molecule has 100 valence electrons. The Morgan fingerprint density at radius 1 is 1.22 bits per heavy atom. The summed E-state index contributed by atoms with van der Waals surface area (Å²) < 4.78 is 0. The maximum atomic E-state index is 5.93. The van der Waals surface area contributed by atoms with Crippen LogP contribution in [0.2, 0.25) is 5.02 Å². The van der Waals surface area contributed by atoms with Gasteiger partial charge in [0.15, 0.2) is 0 Å². The number of hydrogen-bond acceptors (Lipinski definition) is 1. The first-order valence-corrected chi connectivity index (χ1v) is 7.50. The van der Waals surface area contributed by atoms with Crippen LogP contribution in [0.25, 0.3) is 0 Å². The number of rotatable bonds is 4. The summed E-state index contributed by atoms with van der Waals surface area (Å²) in [4.78, 5) is 0. The molecule has 1 heterocycles. The molecule has 1 saturated heterocycles. The molecule has 1 nitrogen and oxygen atoms in total. The number of aryl methyl sites for hydroxylation is 1.